The highest BCUT2D eigenvalue weighted by Crippen LogP contribution is 2.21. The van der Waals surface area contributed by atoms with Crippen LogP contribution in [-0.4, -0.2) is 25.9 Å². The zero-order valence-electron chi connectivity index (χ0n) is 9.94. The van der Waals surface area contributed by atoms with Crippen molar-refractivity contribution in [3.05, 3.63) is 28.7 Å². The number of aryl methyl sites for hydroxylation is 2. The van der Waals surface area contributed by atoms with E-state index in [0.29, 0.717) is 0 Å². The van der Waals surface area contributed by atoms with Crippen LogP contribution in [0, 0.1) is 0 Å². The number of nitrogens with two attached hydrogens (primary N) is 1. The van der Waals surface area contributed by atoms with Crippen LogP contribution in [0.4, 0.5) is 0 Å². The van der Waals surface area contributed by atoms with Crippen molar-refractivity contribution in [2.24, 2.45) is 5.73 Å². The van der Waals surface area contributed by atoms with Gasteiger partial charge in [0.25, 0.3) is 0 Å². The summed E-state index contributed by atoms with van der Waals surface area (Å²) in [5, 5.41) is 10.4. The Hall–Kier alpha value is -1.34. The van der Waals surface area contributed by atoms with Gasteiger partial charge in [-0.05, 0) is 24.8 Å². The van der Waals surface area contributed by atoms with Crippen LogP contribution in [-0.2, 0) is 17.8 Å². The maximum atomic E-state index is 11.0. The van der Waals surface area contributed by atoms with E-state index in [1.54, 1.807) is 24.6 Å². The van der Waals surface area contributed by atoms with Crippen LogP contribution in [0.15, 0.2) is 29.0 Å². The molecule has 0 saturated heterocycles. The van der Waals surface area contributed by atoms with Gasteiger partial charge < -0.3 is 10.3 Å². The van der Waals surface area contributed by atoms with Gasteiger partial charge in [0.2, 0.25) is 5.91 Å². The SMILES string of the molecule is C[C@H](Sc1nncn1CCc1cccs1)C(N)=O. The fraction of sp³-hybridized carbons (Fsp3) is 0.364. The average molecular weight is 282 g/mol. The van der Waals surface area contributed by atoms with Crippen LogP contribution < -0.4 is 5.73 Å². The molecule has 0 aliphatic rings. The van der Waals surface area contributed by atoms with Crippen molar-refractivity contribution in [2.75, 3.05) is 0 Å². The van der Waals surface area contributed by atoms with Gasteiger partial charge in [-0.15, -0.1) is 21.5 Å². The van der Waals surface area contributed by atoms with Gasteiger partial charge in [0.15, 0.2) is 5.16 Å². The monoisotopic (exact) mass is 282 g/mol. The number of hydrogen-bond acceptors (Lipinski definition) is 5. The molecule has 2 aromatic heterocycles. The largest absolute Gasteiger partial charge is 0.369 e. The molecule has 2 rings (SSSR count). The standard InChI is InChI=1S/C11H14N4OS2/c1-8(10(12)16)18-11-14-13-7-15(11)5-4-9-3-2-6-17-9/h2-3,6-8H,4-5H2,1H3,(H2,12,16)/t8-/m0/s1. The number of hydrogen-bond donors (Lipinski definition) is 1. The number of carbonyl (C=O) groups is 1. The van der Waals surface area contributed by atoms with Crippen molar-refractivity contribution < 1.29 is 4.79 Å². The van der Waals surface area contributed by atoms with Crippen LogP contribution >= 0.6 is 23.1 Å². The van der Waals surface area contributed by atoms with Gasteiger partial charge in [-0.3, -0.25) is 4.79 Å². The summed E-state index contributed by atoms with van der Waals surface area (Å²) in [5.41, 5.74) is 5.24. The molecular formula is C11H14N4OS2. The van der Waals surface area contributed by atoms with Crippen molar-refractivity contribution in [2.45, 2.75) is 30.3 Å². The maximum Gasteiger partial charge on any atom is 0.230 e. The van der Waals surface area contributed by atoms with Gasteiger partial charge in [0.05, 0.1) is 5.25 Å². The lowest BCUT2D eigenvalue weighted by Crippen LogP contribution is -2.23. The second-order valence-corrected chi connectivity index (χ2v) is 6.14. The second-order valence-electron chi connectivity index (χ2n) is 3.80. The molecule has 2 aromatic rings. The molecular weight excluding hydrogens is 268 g/mol. The molecule has 0 radical (unpaired) electrons. The van der Waals surface area contributed by atoms with E-state index in [0.717, 1.165) is 18.1 Å². The van der Waals surface area contributed by atoms with Gasteiger partial charge in [0.1, 0.15) is 6.33 Å². The number of thioether (sulfide) groups is 1. The fourth-order valence-electron chi connectivity index (χ4n) is 1.39. The van der Waals surface area contributed by atoms with Crippen LogP contribution in [0.2, 0.25) is 0 Å². The van der Waals surface area contributed by atoms with Crippen molar-refractivity contribution in [1.29, 1.82) is 0 Å². The molecule has 96 valence electrons. The highest BCUT2D eigenvalue weighted by atomic mass is 32.2. The van der Waals surface area contributed by atoms with Crippen molar-refractivity contribution in [3.8, 4) is 0 Å². The summed E-state index contributed by atoms with van der Waals surface area (Å²) in [7, 11) is 0. The zero-order chi connectivity index (χ0) is 13.0. The normalized spacial score (nSPS) is 12.5. The number of primary amides is 1. The molecule has 0 bridgehead atoms. The van der Waals surface area contributed by atoms with Crippen LogP contribution in [0.5, 0.6) is 0 Å². The minimum absolute atomic E-state index is 0.297. The van der Waals surface area contributed by atoms with Crippen LogP contribution in [0.25, 0.3) is 0 Å². The van der Waals surface area contributed by atoms with E-state index in [4.69, 9.17) is 5.73 Å². The first-order valence-corrected chi connectivity index (χ1v) is 7.29. The number of rotatable bonds is 6. The lowest BCUT2D eigenvalue weighted by atomic mass is 10.3. The summed E-state index contributed by atoms with van der Waals surface area (Å²) in [6, 6.07) is 4.14. The van der Waals surface area contributed by atoms with E-state index in [9.17, 15) is 4.79 Å². The topological polar surface area (TPSA) is 73.8 Å². The van der Waals surface area contributed by atoms with Gasteiger partial charge >= 0.3 is 0 Å². The molecule has 0 saturated carbocycles. The molecule has 1 amide bonds. The first-order chi connectivity index (χ1) is 8.66. The van der Waals surface area contributed by atoms with Gasteiger partial charge in [-0.1, -0.05) is 17.8 Å². The third kappa shape index (κ3) is 3.33. The van der Waals surface area contributed by atoms with E-state index in [1.165, 1.54) is 16.6 Å². The molecule has 0 aliphatic carbocycles. The number of carbonyl (C=O) groups excluding carboxylic acids is 1. The van der Waals surface area contributed by atoms with Crippen LogP contribution in [0.1, 0.15) is 11.8 Å². The first-order valence-electron chi connectivity index (χ1n) is 5.53. The predicted octanol–water partition coefficient (Wildman–Crippen LogP) is 1.55. The van der Waals surface area contributed by atoms with E-state index >= 15 is 0 Å². The minimum Gasteiger partial charge on any atom is -0.369 e. The third-order valence-electron chi connectivity index (χ3n) is 2.44. The third-order valence-corrected chi connectivity index (χ3v) is 4.49. The number of nitrogens with zero attached hydrogens (tertiary/aromatic N) is 3. The number of aromatic nitrogens is 3. The lowest BCUT2D eigenvalue weighted by Gasteiger charge is -2.08. The summed E-state index contributed by atoms with van der Waals surface area (Å²) in [5.74, 6) is -0.340. The van der Waals surface area contributed by atoms with Crippen molar-refractivity contribution in [1.82, 2.24) is 14.8 Å². The van der Waals surface area contributed by atoms with Gasteiger partial charge in [-0.2, -0.15) is 0 Å². The molecule has 0 aromatic carbocycles. The minimum atomic E-state index is -0.340. The molecule has 1 atom stereocenters. The highest BCUT2D eigenvalue weighted by Gasteiger charge is 2.14. The molecule has 7 heteroatoms. The predicted molar refractivity (Wildman–Crippen MR) is 72.6 cm³/mol. The summed E-state index contributed by atoms with van der Waals surface area (Å²) >= 11 is 3.07. The lowest BCUT2D eigenvalue weighted by molar-refractivity contribution is -0.117. The Bertz CT molecular complexity index is 509. The van der Waals surface area contributed by atoms with Crippen LogP contribution in [0.3, 0.4) is 0 Å². The molecule has 0 unspecified atom stereocenters. The molecule has 0 spiro atoms. The van der Waals surface area contributed by atoms with E-state index in [-0.39, 0.29) is 11.2 Å². The Labute approximate surface area is 113 Å². The highest BCUT2D eigenvalue weighted by molar-refractivity contribution is 8.00. The second kappa shape index (κ2) is 6.01. The fourth-order valence-corrected chi connectivity index (χ4v) is 2.89. The first kappa shape index (κ1) is 13.1. The molecule has 5 nitrogen and oxygen atoms in total. The van der Waals surface area contributed by atoms with E-state index in [1.807, 2.05) is 10.6 Å². The molecule has 2 N–H and O–H groups in total. The maximum absolute atomic E-state index is 11.0. The molecule has 18 heavy (non-hydrogen) atoms. The van der Waals surface area contributed by atoms with Gasteiger partial charge in [0, 0.05) is 11.4 Å². The quantitative estimate of drug-likeness (QED) is 0.816. The zero-order valence-corrected chi connectivity index (χ0v) is 11.6. The Morgan fingerprint density at radius 1 is 1.67 bits per heavy atom. The number of thiophene rings is 1. The smallest absolute Gasteiger partial charge is 0.230 e. The van der Waals surface area contributed by atoms with Crippen molar-refractivity contribution in [3.63, 3.8) is 0 Å². The Balaban J connectivity index is 1.97. The summed E-state index contributed by atoms with van der Waals surface area (Å²) in [4.78, 5) is 12.3. The Morgan fingerprint density at radius 3 is 3.17 bits per heavy atom. The molecule has 0 fully saturated rings. The van der Waals surface area contributed by atoms with Crippen molar-refractivity contribution >= 4 is 29.0 Å². The van der Waals surface area contributed by atoms with E-state index < -0.39 is 0 Å². The average Bonchev–Trinajstić information content (AvgIpc) is 2.97. The van der Waals surface area contributed by atoms with Gasteiger partial charge in [-0.25, -0.2) is 0 Å². The Morgan fingerprint density at radius 2 is 2.50 bits per heavy atom. The summed E-state index contributed by atoms with van der Waals surface area (Å²) < 4.78 is 1.95. The molecule has 2 heterocycles. The summed E-state index contributed by atoms with van der Waals surface area (Å²) in [6.45, 7) is 2.58. The van der Waals surface area contributed by atoms with E-state index in [2.05, 4.69) is 21.6 Å². The summed E-state index contributed by atoms with van der Waals surface area (Å²) in [6.07, 6.45) is 2.62. The molecule has 0 aliphatic heterocycles. The Kier molecular flexibility index (Phi) is 4.38. The number of amides is 1.